The molecule has 3 heteroatoms. The quantitative estimate of drug-likeness (QED) is 0.781. The van der Waals surface area contributed by atoms with Gasteiger partial charge in [0.1, 0.15) is 0 Å². The number of hydrogen-bond acceptors (Lipinski definition) is 2. The standard InChI is InChI=1S/C14H16ClNS/c1-2-9-16-10-11-3-5-12(6-4-11)13-7-8-14(15)17-13/h3-8,16H,2,9-10H2,1H3. The molecule has 1 heterocycles. The van der Waals surface area contributed by atoms with Crippen LogP contribution in [0.1, 0.15) is 18.9 Å². The SMILES string of the molecule is CCCNCc1ccc(-c2ccc(Cl)s2)cc1. The molecule has 0 aliphatic rings. The van der Waals surface area contributed by atoms with Crippen molar-refractivity contribution in [2.45, 2.75) is 19.9 Å². The molecule has 0 fully saturated rings. The summed E-state index contributed by atoms with van der Waals surface area (Å²) in [5.41, 5.74) is 2.56. The van der Waals surface area contributed by atoms with Crippen molar-refractivity contribution in [3.8, 4) is 10.4 Å². The first-order valence-electron chi connectivity index (χ1n) is 5.85. The Bertz CT molecular complexity index is 461. The molecule has 90 valence electrons. The fraction of sp³-hybridized carbons (Fsp3) is 0.286. The predicted octanol–water partition coefficient (Wildman–Crippen LogP) is 4.57. The number of thiophene rings is 1. The molecule has 2 aromatic rings. The van der Waals surface area contributed by atoms with Gasteiger partial charge in [-0.3, -0.25) is 0 Å². The molecule has 0 saturated carbocycles. The Kier molecular flexibility index (Phi) is 4.60. The van der Waals surface area contributed by atoms with Crippen LogP contribution in [0.25, 0.3) is 10.4 Å². The first-order valence-corrected chi connectivity index (χ1v) is 7.04. The van der Waals surface area contributed by atoms with Crippen LogP contribution in [0, 0.1) is 0 Å². The van der Waals surface area contributed by atoms with Gasteiger partial charge in [0.05, 0.1) is 4.34 Å². The maximum Gasteiger partial charge on any atom is 0.0934 e. The van der Waals surface area contributed by atoms with Crippen molar-refractivity contribution >= 4 is 22.9 Å². The summed E-state index contributed by atoms with van der Waals surface area (Å²) >= 11 is 7.55. The molecule has 0 aliphatic carbocycles. The minimum Gasteiger partial charge on any atom is -0.313 e. The molecule has 0 unspecified atom stereocenters. The Hall–Kier alpha value is -0.830. The first kappa shape index (κ1) is 12.6. The lowest BCUT2D eigenvalue weighted by Gasteiger charge is -2.04. The lowest BCUT2D eigenvalue weighted by molar-refractivity contribution is 0.675. The lowest BCUT2D eigenvalue weighted by Crippen LogP contribution is -2.13. The van der Waals surface area contributed by atoms with Gasteiger partial charge < -0.3 is 5.32 Å². The topological polar surface area (TPSA) is 12.0 Å². The minimum absolute atomic E-state index is 0.841. The smallest absolute Gasteiger partial charge is 0.0934 e. The van der Waals surface area contributed by atoms with Crippen LogP contribution in [0.2, 0.25) is 4.34 Å². The summed E-state index contributed by atoms with van der Waals surface area (Å²) in [5.74, 6) is 0. The third kappa shape index (κ3) is 3.56. The highest BCUT2D eigenvalue weighted by atomic mass is 35.5. The van der Waals surface area contributed by atoms with Crippen molar-refractivity contribution in [3.63, 3.8) is 0 Å². The van der Waals surface area contributed by atoms with Gasteiger partial charge in [0.25, 0.3) is 0 Å². The van der Waals surface area contributed by atoms with Crippen molar-refractivity contribution < 1.29 is 0 Å². The van der Waals surface area contributed by atoms with E-state index in [0.717, 1.165) is 17.4 Å². The normalized spacial score (nSPS) is 10.7. The molecule has 0 bridgehead atoms. The summed E-state index contributed by atoms with van der Waals surface area (Å²) in [4.78, 5) is 1.23. The number of halogens is 1. The van der Waals surface area contributed by atoms with E-state index in [4.69, 9.17) is 11.6 Å². The first-order chi connectivity index (χ1) is 8.29. The van der Waals surface area contributed by atoms with Crippen LogP contribution >= 0.6 is 22.9 Å². The molecule has 2 rings (SSSR count). The van der Waals surface area contributed by atoms with Gasteiger partial charge in [-0.05, 0) is 36.2 Å². The molecular formula is C14H16ClNS. The number of hydrogen-bond donors (Lipinski definition) is 1. The second kappa shape index (κ2) is 6.20. The Morgan fingerprint density at radius 1 is 1.12 bits per heavy atom. The Morgan fingerprint density at radius 2 is 1.88 bits per heavy atom. The molecule has 0 saturated heterocycles. The molecule has 0 aliphatic heterocycles. The Morgan fingerprint density at radius 3 is 2.47 bits per heavy atom. The van der Waals surface area contributed by atoms with Gasteiger partial charge >= 0.3 is 0 Å². The van der Waals surface area contributed by atoms with E-state index in [2.05, 4.69) is 42.6 Å². The molecule has 0 atom stereocenters. The molecule has 1 N–H and O–H groups in total. The van der Waals surface area contributed by atoms with Crippen LogP contribution in [0.4, 0.5) is 0 Å². The van der Waals surface area contributed by atoms with Gasteiger partial charge in [0, 0.05) is 11.4 Å². The fourth-order valence-electron chi connectivity index (χ4n) is 1.67. The summed E-state index contributed by atoms with van der Waals surface area (Å²) in [5, 5.41) is 3.40. The van der Waals surface area contributed by atoms with Crippen LogP contribution in [0.3, 0.4) is 0 Å². The summed E-state index contributed by atoms with van der Waals surface area (Å²) in [6, 6.07) is 12.7. The van der Waals surface area contributed by atoms with Crippen LogP contribution in [-0.4, -0.2) is 6.54 Å². The highest BCUT2D eigenvalue weighted by molar-refractivity contribution is 7.19. The molecule has 0 amide bonds. The highest BCUT2D eigenvalue weighted by Crippen LogP contribution is 2.30. The molecule has 0 spiro atoms. The van der Waals surface area contributed by atoms with Crippen LogP contribution in [0.5, 0.6) is 0 Å². The molecule has 1 aromatic heterocycles. The molecule has 0 radical (unpaired) electrons. The van der Waals surface area contributed by atoms with Gasteiger partial charge in [0.2, 0.25) is 0 Å². The van der Waals surface area contributed by atoms with Gasteiger partial charge in [-0.2, -0.15) is 0 Å². The van der Waals surface area contributed by atoms with E-state index in [1.54, 1.807) is 11.3 Å². The average Bonchev–Trinajstić information content (AvgIpc) is 2.77. The lowest BCUT2D eigenvalue weighted by atomic mass is 10.1. The monoisotopic (exact) mass is 265 g/mol. The molecule has 17 heavy (non-hydrogen) atoms. The van der Waals surface area contributed by atoms with Crippen molar-refractivity contribution in [3.05, 3.63) is 46.3 Å². The maximum atomic E-state index is 5.93. The van der Waals surface area contributed by atoms with E-state index >= 15 is 0 Å². The van der Waals surface area contributed by atoms with Gasteiger partial charge in [-0.15, -0.1) is 11.3 Å². The van der Waals surface area contributed by atoms with Crippen LogP contribution < -0.4 is 5.32 Å². The average molecular weight is 266 g/mol. The third-order valence-corrected chi connectivity index (χ3v) is 3.85. The Labute approximate surface area is 111 Å². The van der Waals surface area contributed by atoms with Crippen molar-refractivity contribution in [1.82, 2.24) is 5.32 Å². The zero-order valence-electron chi connectivity index (χ0n) is 9.87. The zero-order chi connectivity index (χ0) is 12.1. The van der Waals surface area contributed by atoms with Crippen molar-refractivity contribution in [2.24, 2.45) is 0 Å². The second-order valence-corrected chi connectivity index (χ2v) is 5.69. The van der Waals surface area contributed by atoms with Crippen LogP contribution in [-0.2, 0) is 6.54 Å². The van der Waals surface area contributed by atoms with E-state index in [-0.39, 0.29) is 0 Å². The predicted molar refractivity (Wildman–Crippen MR) is 76.8 cm³/mol. The van der Waals surface area contributed by atoms with E-state index in [1.807, 2.05) is 6.07 Å². The minimum atomic E-state index is 0.841. The van der Waals surface area contributed by atoms with Crippen molar-refractivity contribution in [1.29, 1.82) is 0 Å². The number of rotatable bonds is 5. The fourth-order valence-corrected chi connectivity index (χ4v) is 2.71. The van der Waals surface area contributed by atoms with Gasteiger partial charge in [-0.1, -0.05) is 42.8 Å². The number of benzene rings is 1. The largest absolute Gasteiger partial charge is 0.313 e. The molecule has 1 nitrogen and oxygen atoms in total. The summed E-state index contributed by atoms with van der Waals surface area (Å²) in [6.45, 7) is 4.19. The molecule has 1 aromatic carbocycles. The summed E-state index contributed by atoms with van der Waals surface area (Å²) in [7, 11) is 0. The van der Waals surface area contributed by atoms with E-state index in [1.165, 1.54) is 22.4 Å². The van der Waals surface area contributed by atoms with Gasteiger partial charge in [0.15, 0.2) is 0 Å². The zero-order valence-corrected chi connectivity index (χ0v) is 11.4. The van der Waals surface area contributed by atoms with E-state index < -0.39 is 0 Å². The maximum absolute atomic E-state index is 5.93. The highest BCUT2D eigenvalue weighted by Gasteiger charge is 2.01. The van der Waals surface area contributed by atoms with Crippen molar-refractivity contribution in [2.75, 3.05) is 6.54 Å². The molecular weight excluding hydrogens is 250 g/mol. The van der Waals surface area contributed by atoms with Crippen LogP contribution in [0.15, 0.2) is 36.4 Å². The second-order valence-electron chi connectivity index (χ2n) is 3.98. The van der Waals surface area contributed by atoms with E-state index in [0.29, 0.717) is 0 Å². The number of nitrogens with one attached hydrogen (secondary N) is 1. The summed E-state index contributed by atoms with van der Waals surface area (Å²) < 4.78 is 0.841. The Balaban J connectivity index is 2.02. The summed E-state index contributed by atoms with van der Waals surface area (Å²) in [6.07, 6.45) is 1.17. The third-order valence-electron chi connectivity index (χ3n) is 2.57. The van der Waals surface area contributed by atoms with E-state index in [9.17, 15) is 0 Å². The van der Waals surface area contributed by atoms with Gasteiger partial charge in [-0.25, -0.2) is 0 Å².